The highest BCUT2D eigenvalue weighted by molar-refractivity contribution is 5.82. The first-order chi connectivity index (χ1) is 13.8. The van der Waals surface area contributed by atoms with Crippen LogP contribution in [0, 0.1) is 0 Å². The third-order valence-corrected chi connectivity index (χ3v) is 5.29. The van der Waals surface area contributed by atoms with Crippen LogP contribution in [-0.4, -0.2) is 26.5 Å². The Kier molecular flexibility index (Phi) is 4.18. The number of fused-ring (bicyclic) bond motifs is 2. The molecular weight excluding hydrogens is 348 g/mol. The van der Waals surface area contributed by atoms with Gasteiger partial charge in [-0.25, -0.2) is 9.97 Å². The Morgan fingerprint density at radius 3 is 2.54 bits per heavy atom. The number of nitrogens with zero attached hydrogens (tertiary/aromatic N) is 5. The molecule has 0 radical (unpaired) electrons. The molecule has 138 valence electrons. The zero-order valence-electron chi connectivity index (χ0n) is 15.4. The van der Waals surface area contributed by atoms with Crippen molar-refractivity contribution in [3.63, 3.8) is 0 Å². The van der Waals surface area contributed by atoms with Crippen LogP contribution >= 0.6 is 0 Å². The summed E-state index contributed by atoms with van der Waals surface area (Å²) in [5, 5.41) is 0.931. The number of benzene rings is 1. The summed E-state index contributed by atoms with van der Waals surface area (Å²) in [5.41, 5.74) is 11.9. The Balaban J connectivity index is 1.59. The molecule has 1 aliphatic rings. The van der Waals surface area contributed by atoms with E-state index in [1.807, 2.05) is 18.2 Å². The highest BCUT2D eigenvalue weighted by Gasteiger charge is 2.22. The molecule has 1 aliphatic heterocycles. The Morgan fingerprint density at radius 1 is 0.893 bits per heavy atom. The first kappa shape index (κ1) is 16.8. The smallest absolute Gasteiger partial charge is 0.226 e. The number of nitrogens with two attached hydrogens (primary N) is 1. The van der Waals surface area contributed by atoms with Gasteiger partial charge in [0.15, 0.2) is 0 Å². The van der Waals surface area contributed by atoms with Gasteiger partial charge >= 0.3 is 0 Å². The van der Waals surface area contributed by atoms with Gasteiger partial charge in [-0.2, -0.15) is 0 Å². The van der Waals surface area contributed by atoms with E-state index in [1.165, 1.54) is 11.1 Å². The molecule has 1 unspecified atom stereocenters. The lowest BCUT2D eigenvalue weighted by molar-refractivity contribution is 0.702. The summed E-state index contributed by atoms with van der Waals surface area (Å²) >= 11 is 0. The van der Waals surface area contributed by atoms with Crippen LogP contribution in [0.15, 0.2) is 67.3 Å². The lowest BCUT2D eigenvalue weighted by Crippen LogP contribution is -2.32. The molecule has 4 heterocycles. The molecule has 6 nitrogen and oxygen atoms in total. The monoisotopic (exact) mass is 368 g/mol. The molecule has 4 aromatic rings. The van der Waals surface area contributed by atoms with Gasteiger partial charge in [0, 0.05) is 37.1 Å². The fourth-order valence-corrected chi connectivity index (χ4v) is 3.77. The third kappa shape index (κ3) is 2.97. The van der Waals surface area contributed by atoms with Gasteiger partial charge in [-0.1, -0.05) is 24.3 Å². The van der Waals surface area contributed by atoms with E-state index in [2.05, 4.69) is 39.1 Å². The van der Waals surface area contributed by atoms with Crippen molar-refractivity contribution < 1.29 is 0 Å². The number of anilines is 1. The second-order valence-corrected chi connectivity index (χ2v) is 7.00. The van der Waals surface area contributed by atoms with Crippen LogP contribution in [0.3, 0.4) is 0 Å². The second-order valence-electron chi connectivity index (χ2n) is 7.00. The SMILES string of the molecule is NC(c1ccncc1)c1nc(N2CCc3ccccc3C2)nc2cnccc12. The van der Waals surface area contributed by atoms with E-state index in [9.17, 15) is 0 Å². The summed E-state index contributed by atoms with van der Waals surface area (Å²) in [7, 11) is 0. The minimum atomic E-state index is -0.355. The molecule has 1 aromatic carbocycles. The van der Waals surface area contributed by atoms with E-state index < -0.39 is 0 Å². The summed E-state index contributed by atoms with van der Waals surface area (Å²) in [6.45, 7) is 1.68. The maximum absolute atomic E-state index is 6.60. The van der Waals surface area contributed by atoms with E-state index in [1.54, 1.807) is 24.8 Å². The number of aromatic nitrogens is 4. The van der Waals surface area contributed by atoms with Crippen molar-refractivity contribution in [2.24, 2.45) is 5.73 Å². The molecule has 0 aliphatic carbocycles. The van der Waals surface area contributed by atoms with E-state index in [-0.39, 0.29) is 6.04 Å². The molecule has 0 spiro atoms. The average Bonchev–Trinajstić information content (AvgIpc) is 2.78. The van der Waals surface area contributed by atoms with Crippen molar-refractivity contribution in [2.75, 3.05) is 11.4 Å². The Labute approximate surface area is 163 Å². The van der Waals surface area contributed by atoms with Gasteiger partial charge in [-0.05, 0) is 41.3 Å². The van der Waals surface area contributed by atoms with Gasteiger partial charge in [-0.15, -0.1) is 0 Å². The highest BCUT2D eigenvalue weighted by Crippen LogP contribution is 2.28. The zero-order valence-corrected chi connectivity index (χ0v) is 15.4. The summed E-state index contributed by atoms with van der Waals surface area (Å²) in [5.74, 6) is 0.703. The maximum Gasteiger partial charge on any atom is 0.226 e. The predicted molar refractivity (Wildman–Crippen MR) is 109 cm³/mol. The van der Waals surface area contributed by atoms with Crippen molar-refractivity contribution in [3.05, 3.63) is 89.6 Å². The van der Waals surface area contributed by atoms with Gasteiger partial charge < -0.3 is 10.6 Å². The maximum atomic E-state index is 6.60. The Morgan fingerprint density at radius 2 is 1.68 bits per heavy atom. The minimum absolute atomic E-state index is 0.355. The van der Waals surface area contributed by atoms with Crippen LogP contribution in [0.4, 0.5) is 5.95 Å². The number of hydrogen-bond acceptors (Lipinski definition) is 6. The Bertz CT molecular complexity index is 1130. The molecule has 3 aromatic heterocycles. The van der Waals surface area contributed by atoms with Crippen LogP contribution < -0.4 is 10.6 Å². The number of pyridine rings is 2. The summed E-state index contributed by atoms with van der Waals surface area (Å²) in [6.07, 6.45) is 8.02. The molecule has 28 heavy (non-hydrogen) atoms. The first-order valence-corrected chi connectivity index (χ1v) is 9.38. The van der Waals surface area contributed by atoms with Crippen molar-refractivity contribution in [1.82, 2.24) is 19.9 Å². The van der Waals surface area contributed by atoms with Crippen LogP contribution in [0.1, 0.15) is 28.4 Å². The molecule has 0 saturated heterocycles. The average molecular weight is 368 g/mol. The standard InChI is InChI=1S/C22H20N6/c23-20(16-5-9-24-10-6-16)21-18-7-11-25-13-19(18)26-22(27-21)28-12-8-15-3-1-2-4-17(15)14-28/h1-7,9-11,13,20H,8,12,14,23H2. The molecule has 0 fully saturated rings. The van der Waals surface area contributed by atoms with E-state index in [4.69, 9.17) is 15.7 Å². The van der Waals surface area contributed by atoms with Crippen molar-refractivity contribution >= 4 is 16.9 Å². The normalized spacial score (nSPS) is 14.7. The van der Waals surface area contributed by atoms with Gasteiger partial charge in [-0.3, -0.25) is 9.97 Å². The van der Waals surface area contributed by atoms with Crippen LogP contribution in [0.25, 0.3) is 10.9 Å². The van der Waals surface area contributed by atoms with Crippen molar-refractivity contribution in [1.29, 1.82) is 0 Å². The molecule has 0 amide bonds. The zero-order chi connectivity index (χ0) is 18.9. The van der Waals surface area contributed by atoms with Crippen LogP contribution in [0.2, 0.25) is 0 Å². The van der Waals surface area contributed by atoms with Crippen LogP contribution in [-0.2, 0) is 13.0 Å². The van der Waals surface area contributed by atoms with Crippen molar-refractivity contribution in [2.45, 2.75) is 19.0 Å². The number of rotatable bonds is 3. The highest BCUT2D eigenvalue weighted by atomic mass is 15.3. The van der Waals surface area contributed by atoms with Crippen LogP contribution in [0.5, 0.6) is 0 Å². The fourth-order valence-electron chi connectivity index (χ4n) is 3.77. The quantitative estimate of drug-likeness (QED) is 0.599. The molecule has 6 heteroatoms. The molecule has 5 rings (SSSR count). The third-order valence-electron chi connectivity index (χ3n) is 5.29. The lowest BCUT2D eigenvalue weighted by atomic mass is 10.00. The molecule has 0 bridgehead atoms. The topological polar surface area (TPSA) is 80.8 Å². The lowest BCUT2D eigenvalue weighted by Gasteiger charge is -2.29. The van der Waals surface area contributed by atoms with Gasteiger partial charge in [0.05, 0.1) is 23.4 Å². The van der Waals surface area contributed by atoms with Gasteiger partial charge in [0.2, 0.25) is 5.95 Å². The molecule has 0 saturated carbocycles. The number of hydrogen-bond donors (Lipinski definition) is 1. The van der Waals surface area contributed by atoms with E-state index in [0.29, 0.717) is 5.95 Å². The molecular formula is C22H20N6. The largest absolute Gasteiger partial charge is 0.336 e. The summed E-state index contributed by atoms with van der Waals surface area (Å²) < 4.78 is 0. The second kappa shape index (κ2) is 6.98. The molecule has 1 atom stereocenters. The van der Waals surface area contributed by atoms with Crippen molar-refractivity contribution in [3.8, 4) is 0 Å². The Hall–Kier alpha value is -3.38. The van der Waals surface area contributed by atoms with E-state index >= 15 is 0 Å². The summed E-state index contributed by atoms with van der Waals surface area (Å²) in [4.78, 5) is 20.3. The molecule has 2 N–H and O–H groups in total. The van der Waals surface area contributed by atoms with Gasteiger partial charge in [0.1, 0.15) is 0 Å². The summed E-state index contributed by atoms with van der Waals surface area (Å²) in [6, 6.07) is 14.0. The van der Waals surface area contributed by atoms with Gasteiger partial charge in [0.25, 0.3) is 0 Å². The first-order valence-electron chi connectivity index (χ1n) is 9.38. The van der Waals surface area contributed by atoms with E-state index in [0.717, 1.165) is 41.7 Å². The predicted octanol–water partition coefficient (Wildman–Crippen LogP) is 3.03. The minimum Gasteiger partial charge on any atom is -0.336 e. The fraction of sp³-hybridized carbons (Fsp3) is 0.182.